The van der Waals surface area contributed by atoms with Crippen molar-refractivity contribution in [3.63, 3.8) is 0 Å². The lowest BCUT2D eigenvalue weighted by Crippen LogP contribution is -2.47. The molecule has 0 bridgehead atoms. The van der Waals surface area contributed by atoms with Crippen LogP contribution in [0.25, 0.3) is 0 Å². The van der Waals surface area contributed by atoms with E-state index in [1.54, 1.807) is 38.1 Å². The number of sulfonamides is 1. The molecule has 172 valence electrons. The van der Waals surface area contributed by atoms with Gasteiger partial charge in [0.1, 0.15) is 6.04 Å². The number of nitrogens with one attached hydrogen (secondary N) is 1. The molecule has 0 radical (unpaired) electrons. The monoisotopic (exact) mass is 477 g/mol. The van der Waals surface area contributed by atoms with Gasteiger partial charge in [-0.1, -0.05) is 37.6 Å². The Morgan fingerprint density at radius 2 is 1.78 bits per heavy atom. The van der Waals surface area contributed by atoms with E-state index in [-0.39, 0.29) is 23.1 Å². The summed E-state index contributed by atoms with van der Waals surface area (Å²) >= 11 is 5.90. The predicted octanol–water partition coefficient (Wildman–Crippen LogP) is 3.01. The highest BCUT2D eigenvalue weighted by Gasteiger charge is 2.37. The van der Waals surface area contributed by atoms with Crippen LogP contribution in [0.3, 0.4) is 0 Å². The zero-order valence-electron chi connectivity index (χ0n) is 18.5. The molecule has 0 saturated carbocycles. The minimum atomic E-state index is -3.63. The van der Waals surface area contributed by atoms with E-state index in [4.69, 9.17) is 11.6 Å². The fraction of sp³-hybridized carbons (Fsp3) is 0.391. The van der Waals surface area contributed by atoms with Gasteiger partial charge in [-0.3, -0.25) is 14.5 Å². The molecule has 0 aromatic heterocycles. The summed E-state index contributed by atoms with van der Waals surface area (Å²) in [6.07, 6.45) is 0.901. The number of anilines is 1. The summed E-state index contributed by atoms with van der Waals surface area (Å²) in [5.74, 6) is -0.528. The first-order valence-corrected chi connectivity index (χ1v) is 12.5. The molecule has 1 heterocycles. The summed E-state index contributed by atoms with van der Waals surface area (Å²) in [6, 6.07) is 11.4. The SMILES string of the molecule is CCN(CC)S(=O)(=O)c1ccc2c(c1)CC(C(=O)NCCc1ccc(Cl)cc1)N2C(C)=O. The zero-order chi connectivity index (χ0) is 23.5. The van der Waals surface area contributed by atoms with Crippen molar-refractivity contribution in [2.75, 3.05) is 24.5 Å². The van der Waals surface area contributed by atoms with Crippen molar-refractivity contribution in [3.05, 3.63) is 58.6 Å². The van der Waals surface area contributed by atoms with Crippen molar-refractivity contribution in [1.82, 2.24) is 9.62 Å². The molecule has 1 N–H and O–H groups in total. The van der Waals surface area contributed by atoms with Gasteiger partial charge in [-0.2, -0.15) is 4.31 Å². The minimum absolute atomic E-state index is 0.173. The van der Waals surface area contributed by atoms with Gasteiger partial charge in [0, 0.05) is 43.7 Å². The molecule has 2 amide bonds. The van der Waals surface area contributed by atoms with Crippen molar-refractivity contribution in [2.24, 2.45) is 0 Å². The molecule has 1 aliphatic rings. The fourth-order valence-corrected chi connectivity index (χ4v) is 5.63. The van der Waals surface area contributed by atoms with Crippen LogP contribution in [-0.4, -0.2) is 50.2 Å². The number of halogens is 1. The largest absolute Gasteiger partial charge is 0.354 e. The Labute approximate surface area is 194 Å². The first kappa shape index (κ1) is 24.2. The molecular formula is C23H28ClN3O4S. The Bertz CT molecular complexity index is 1100. The van der Waals surface area contributed by atoms with Crippen LogP contribution in [0.15, 0.2) is 47.4 Å². The van der Waals surface area contributed by atoms with Gasteiger partial charge >= 0.3 is 0 Å². The van der Waals surface area contributed by atoms with E-state index < -0.39 is 16.1 Å². The summed E-state index contributed by atoms with van der Waals surface area (Å²) in [5.41, 5.74) is 2.29. The number of fused-ring (bicyclic) bond motifs is 1. The van der Waals surface area contributed by atoms with E-state index in [0.717, 1.165) is 5.56 Å². The van der Waals surface area contributed by atoms with Gasteiger partial charge in [0.15, 0.2) is 0 Å². The van der Waals surface area contributed by atoms with E-state index in [1.165, 1.54) is 22.2 Å². The molecule has 0 aliphatic carbocycles. The van der Waals surface area contributed by atoms with Crippen LogP contribution in [0, 0.1) is 0 Å². The highest BCUT2D eigenvalue weighted by atomic mass is 35.5. The van der Waals surface area contributed by atoms with E-state index in [2.05, 4.69) is 5.32 Å². The summed E-state index contributed by atoms with van der Waals surface area (Å²) < 4.78 is 27.1. The van der Waals surface area contributed by atoms with Gasteiger partial charge in [0.25, 0.3) is 0 Å². The van der Waals surface area contributed by atoms with E-state index in [1.807, 2.05) is 12.1 Å². The van der Waals surface area contributed by atoms with Crippen molar-refractivity contribution in [3.8, 4) is 0 Å². The molecule has 2 aromatic carbocycles. The first-order chi connectivity index (χ1) is 15.2. The van der Waals surface area contributed by atoms with Gasteiger partial charge < -0.3 is 5.32 Å². The summed E-state index contributed by atoms with van der Waals surface area (Å²) in [4.78, 5) is 26.9. The van der Waals surface area contributed by atoms with Gasteiger partial charge in [-0.15, -0.1) is 0 Å². The van der Waals surface area contributed by atoms with Crippen molar-refractivity contribution >= 4 is 39.1 Å². The van der Waals surface area contributed by atoms with Crippen molar-refractivity contribution < 1.29 is 18.0 Å². The topological polar surface area (TPSA) is 86.8 Å². The molecule has 0 fully saturated rings. The summed E-state index contributed by atoms with van der Waals surface area (Å²) in [6.45, 7) is 6.14. The zero-order valence-corrected chi connectivity index (χ0v) is 20.0. The first-order valence-electron chi connectivity index (χ1n) is 10.6. The molecule has 1 atom stereocenters. The van der Waals surface area contributed by atoms with Crippen LogP contribution in [0.2, 0.25) is 5.02 Å². The Morgan fingerprint density at radius 1 is 1.12 bits per heavy atom. The average molecular weight is 478 g/mol. The fourth-order valence-electron chi connectivity index (χ4n) is 4.00. The van der Waals surface area contributed by atoms with Crippen LogP contribution in [-0.2, 0) is 32.5 Å². The summed E-state index contributed by atoms with van der Waals surface area (Å²) in [5, 5.41) is 3.55. The van der Waals surface area contributed by atoms with Crippen LogP contribution in [0.5, 0.6) is 0 Å². The molecule has 1 aliphatic heterocycles. The molecule has 3 rings (SSSR count). The normalized spacial score (nSPS) is 15.7. The average Bonchev–Trinajstić information content (AvgIpc) is 3.15. The number of rotatable bonds is 8. The molecule has 2 aromatic rings. The molecule has 0 spiro atoms. The van der Waals surface area contributed by atoms with Gasteiger partial charge in [-0.25, -0.2) is 8.42 Å². The molecule has 7 nitrogen and oxygen atoms in total. The minimum Gasteiger partial charge on any atom is -0.354 e. The van der Waals surface area contributed by atoms with Gasteiger partial charge in [0.2, 0.25) is 21.8 Å². The molecule has 0 saturated heterocycles. The van der Waals surface area contributed by atoms with Crippen molar-refractivity contribution in [1.29, 1.82) is 0 Å². The molecular weight excluding hydrogens is 450 g/mol. The smallest absolute Gasteiger partial charge is 0.243 e. The van der Waals surface area contributed by atoms with Crippen LogP contribution >= 0.6 is 11.6 Å². The molecule has 1 unspecified atom stereocenters. The second-order valence-corrected chi connectivity index (χ2v) is 10.0. The quantitative estimate of drug-likeness (QED) is 0.633. The van der Waals surface area contributed by atoms with E-state index >= 15 is 0 Å². The number of hydrogen-bond donors (Lipinski definition) is 1. The third-order valence-electron chi connectivity index (χ3n) is 5.65. The maximum Gasteiger partial charge on any atom is 0.243 e. The van der Waals surface area contributed by atoms with E-state index in [9.17, 15) is 18.0 Å². The number of hydrogen-bond acceptors (Lipinski definition) is 4. The maximum absolute atomic E-state index is 12.9. The number of carbonyl (C=O) groups is 2. The molecule has 9 heteroatoms. The maximum atomic E-state index is 12.9. The van der Waals surface area contributed by atoms with Crippen molar-refractivity contribution in [2.45, 2.75) is 44.6 Å². The Morgan fingerprint density at radius 3 is 2.38 bits per heavy atom. The number of amides is 2. The standard InChI is InChI=1S/C23H28ClN3O4S/c1-4-26(5-2)32(30,31)20-10-11-21-18(14-20)15-22(27(21)16(3)28)23(29)25-13-12-17-6-8-19(24)9-7-17/h6-11,14,22H,4-5,12-13,15H2,1-3H3,(H,25,29). The Balaban J connectivity index is 1.76. The second kappa shape index (κ2) is 10.0. The highest BCUT2D eigenvalue weighted by Crippen LogP contribution is 2.34. The number of nitrogens with zero attached hydrogens (tertiary/aromatic N) is 2. The highest BCUT2D eigenvalue weighted by molar-refractivity contribution is 7.89. The Kier molecular flexibility index (Phi) is 7.59. The number of carbonyl (C=O) groups excluding carboxylic acids is 2. The van der Waals surface area contributed by atoms with Gasteiger partial charge in [-0.05, 0) is 47.9 Å². The summed E-state index contributed by atoms with van der Waals surface area (Å²) in [7, 11) is -3.63. The third kappa shape index (κ3) is 4.98. The lowest BCUT2D eigenvalue weighted by Gasteiger charge is -2.23. The lowest BCUT2D eigenvalue weighted by molar-refractivity contribution is -0.125. The number of benzene rings is 2. The van der Waals surface area contributed by atoms with Crippen LogP contribution in [0.1, 0.15) is 31.9 Å². The second-order valence-electron chi connectivity index (χ2n) is 7.66. The molecule has 32 heavy (non-hydrogen) atoms. The van der Waals surface area contributed by atoms with E-state index in [0.29, 0.717) is 42.3 Å². The predicted molar refractivity (Wildman–Crippen MR) is 125 cm³/mol. The van der Waals surface area contributed by atoms with Gasteiger partial charge in [0.05, 0.1) is 4.90 Å². The lowest BCUT2D eigenvalue weighted by atomic mass is 10.1. The van der Waals surface area contributed by atoms with Crippen LogP contribution < -0.4 is 10.2 Å². The Hall–Kier alpha value is -2.42. The van der Waals surface area contributed by atoms with Crippen LogP contribution in [0.4, 0.5) is 5.69 Å². The third-order valence-corrected chi connectivity index (χ3v) is 7.94.